The maximum atomic E-state index is 14.1. The lowest BCUT2D eigenvalue weighted by Crippen LogP contribution is -2.54. The molecule has 2 heterocycles. The summed E-state index contributed by atoms with van der Waals surface area (Å²) in [5.74, 6) is -1.75. The molecule has 1 amide bonds. The number of carbonyl (C=O) groups is 1. The highest BCUT2D eigenvalue weighted by Gasteiger charge is 2.28. The van der Waals surface area contributed by atoms with Crippen molar-refractivity contribution in [2.24, 2.45) is 10.7 Å². The number of halogens is 2. The Morgan fingerprint density at radius 1 is 1.47 bits per heavy atom. The van der Waals surface area contributed by atoms with Crippen molar-refractivity contribution in [3.05, 3.63) is 35.5 Å². The minimum Gasteiger partial charge on any atom is -0.389 e. The van der Waals surface area contributed by atoms with Crippen molar-refractivity contribution in [3.8, 4) is 10.6 Å². The first-order chi connectivity index (χ1) is 14.3. The molecule has 11 heteroatoms. The number of thiazole rings is 1. The van der Waals surface area contributed by atoms with Gasteiger partial charge in [-0.1, -0.05) is 17.4 Å². The topological polar surface area (TPSA) is 133 Å². The number of carbonyl (C=O) groups excluding carboxylic acids is 1. The molecule has 3 rings (SSSR count). The number of hydrogen-bond acceptors (Lipinski definition) is 7. The van der Waals surface area contributed by atoms with E-state index in [2.05, 4.69) is 15.3 Å². The SMILES string of the molecule is CN=C(C(C=N)NC(=O)c1nc(-c2c(F)cccc2F)sc1N)N1CCCC(N)C1. The Hall–Kier alpha value is -2.92. The van der Waals surface area contributed by atoms with E-state index >= 15 is 0 Å². The van der Waals surface area contributed by atoms with Crippen molar-refractivity contribution < 1.29 is 13.6 Å². The molecule has 2 atom stereocenters. The van der Waals surface area contributed by atoms with Crippen LogP contribution in [-0.4, -0.2) is 60.1 Å². The summed E-state index contributed by atoms with van der Waals surface area (Å²) in [6, 6.07) is 2.63. The first-order valence-corrected chi connectivity index (χ1v) is 10.2. The molecule has 0 aliphatic carbocycles. The molecule has 160 valence electrons. The average Bonchev–Trinajstić information content (AvgIpc) is 3.09. The van der Waals surface area contributed by atoms with Crippen LogP contribution in [0.1, 0.15) is 23.3 Å². The Labute approximate surface area is 176 Å². The number of nitrogens with two attached hydrogens (primary N) is 2. The summed E-state index contributed by atoms with van der Waals surface area (Å²) in [7, 11) is 1.58. The smallest absolute Gasteiger partial charge is 0.273 e. The number of likely N-dealkylation sites (tertiary alicyclic amines) is 1. The normalized spacial score (nSPS) is 18.2. The highest BCUT2D eigenvalue weighted by Crippen LogP contribution is 2.33. The van der Waals surface area contributed by atoms with Gasteiger partial charge in [-0.05, 0) is 25.0 Å². The molecule has 6 N–H and O–H groups in total. The van der Waals surface area contributed by atoms with Crippen molar-refractivity contribution in [1.29, 1.82) is 5.41 Å². The number of anilines is 1. The second-order valence-corrected chi connectivity index (χ2v) is 7.91. The van der Waals surface area contributed by atoms with Crippen molar-refractivity contribution in [2.45, 2.75) is 24.9 Å². The van der Waals surface area contributed by atoms with Gasteiger partial charge in [-0.25, -0.2) is 13.8 Å². The minimum atomic E-state index is -0.817. The molecule has 1 aliphatic rings. The Kier molecular flexibility index (Phi) is 6.73. The van der Waals surface area contributed by atoms with Crippen LogP contribution < -0.4 is 16.8 Å². The van der Waals surface area contributed by atoms with Gasteiger partial charge in [0.1, 0.15) is 33.5 Å². The van der Waals surface area contributed by atoms with E-state index in [0.29, 0.717) is 12.4 Å². The number of amides is 1. The van der Waals surface area contributed by atoms with Gasteiger partial charge in [-0.2, -0.15) is 0 Å². The summed E-state index contributed by atoms with van der Waals surface area (Å²) < 4.78 is 28.1. The summed E-state index contributed by atoms with van der Waals surface area (Å²) in [5, 5.41) is 10.4. The van der Waals surface area contributed by atoms with Crippen LogP contribution in [0.4, 0.5) is 13.8 Å². The van der Waals surface area contributed by atoms with Gasteiger partial charge in [0.25, 0.3) is 5.91 Å². The van der Waals surface area contributed by atoms with Gasteiger partial charge in [0.05, 0.1) is 5.56 Å². The molecule has 1 aromatic carbocycles. The van der Waals surface area contributed by atoms with Crippen molar-refractivity contribution in [2.75, 3.05) is 25.9 Å². The van der Waals surface area contributed by atoms with E-state index in [-0.39, 0.29) is 27.3 Å². The van der Waals surface area contributed by atoms with Crippen LogP contribution in [0.25, 0.3) is 10.6 Å². The molecular formula is C19H23F2N7OS. The van der Waals surface area contributed by atoms with E-state index < -0.39 is 23.6 Å². The zero-order valence-electron chi connectivity index (χ0n) is 16.4. The van der Waals surface area contributed by atoms with E-state index in [4.69, 9.17) is 16.9 Å². The molecule has 0 radical (unpaired) electrons. The van der Waals surface area contributed by atoms with E-state index in [0.717, 1.165) is 49.1 Å². The average molecular weight is 436 g/mol. The lowest BCUT2D eigenvalue weighted by atomic mass is 10.1. The molecule has 0 spiro atoms. The zero-order valence-corrected chi connectivity index (χ0v) is 17.2. The third-order valence-electron chi connectivity index (χ3n) is 4.79. The fourth-order valence-corrected chi connectivity index (χ4v) is 4.27. The predicted octanol–water partition coefficient (Wildman–Crippen LogP) is 1.87. The van der Waals surface area contributed by atoms with E-state index in [1.54, 1.807) is 7.05 Å². The third-order valence-corrected chi connectivity index (χ3v) is 5.69. The molecule has 0 bridgehead atoms. The second-order valence-electron chi connectivity index (χ2n) is 6.88. The number of hydrogen-bond donors (Lipinski definition) is 4. The minimum absolute atomic E-state index is 0.00927. The van der Waals surface area contributed by atoms with E-state index in [1.807, 2.05) is 4.90 Å². The fourth-order valence-electron chi connectivity index (χ4n) is 3.39. The third kappa shape index (κ3) is 4.46. The molecular weight excluding hydrogens is 412 g/mol. The number of piperidine rings is 1. The van der Waals surface area contributed by atoms with Crippen LogP contribution in [0.5, 0.6) is 0 Å². The molecule has 1 aromatic heterocycles. The lowest BCUT2D eigenvalue weighted by Gasteiger charge is -2.35. The Morgan fingerprint density at radius 2 is 2.17 bits per heavy atom. The molecule has 2 aromatic rings. The maximum Gasteiger partial charge on any atom is 0.273 e. The number of nitrogen functional groups attached to an aromatic ring is 1. The summed E-state index contributed by atoms with van der Waals surface area (Å²) in [6.07, 6.45) is 2.84. The maximum absolute atomic E-state index is 14.1. The Balaban J connectivity index is 1.82. The van der Waals surface area contributed by atoms with Crippen molar-refractivity contribution >= 4 is 34.3 Å². The molecule has 2 unspecified atom stereocenters. The van der Waals surface area contributed by atoms with Crippen LogP contribution in [0.2, 0.25) is 0 Å². The number of benzene rings is 1. The Bertz CT molecular complexity index is 958. The van der Waals surface area contributed by atoms with E-state index in [9.17, 15) is 13.6 Å². The summed E-state index contributed by atoms with van der Waals surface area (Å²) in [5.41, 5.74) is 11.4. The number of aliphatic imine (C=N–C) groups is 1. The highest BCUT2D eigenvalue weighted by atomic mass is 32.1. The van der Waals surface area contributed by atoms with Crippen LogP contribution in [0, 0.1) is 17.0 Å². The molecule has 1 saturated heterocycles. The fraction of sp³-hybridized carbons (Fsp3) is 0.368. The second kappa shape index (κ2) is 9.26. The van der Waals surface area contributed by atoms with Crippen LogP contribution in [0.15, 0.2) is 23.2 Å². The Morgan fingerprint density at radius 3 is 2.77 bits per heavy atom. The first kappa shape index (κ1) is 21.8. The summed E-state index contributed by atoms with van der Waals surface area (Å²) in [4.78, 5) is 23.0. The lowest BCUT2D eigenvalue weighted by molar-refractivity contribution is 0.0949. The first-order valence-electron chi connectivity index (χ1n) is 9.35. The molecule has 1 aliphatic heterocycles. The van der Waals surface area contributed by atoms with E-state index in [1.165, 1.54) is 6.07 Å². The predicted molar refractivity (Wildman–Crippen MR) is 114 cm³/mol. The van der Waals surface area contributed by atoms with Gasteiger partial charge < -0.3 is 27.1 Å². The number of rotatable bonds is 5. The van der Waals surface area contributed by atoms with Gasteiger partial charge in [-0.15, -0.1) is 0 Å². The monoisotopic (exact) mass is 435 g/mol. The van der Waals surface area contributed by atoms with Crippen LogP contribution >= 0.6 is 11.3 Å². The number of amidine groups is 1. The van der Waals surface area contributed by atoms with Crippen molar-refractivity contribution in [3.63, 3.8) is 0 Å². The molecule has 0 saturated carbocycles. The number of nitrogens with one attached hydrogen (secondary N) is 2. The van der Waals surface area contributed by atoms with Gasteiger partial charge in [0.15, 0.2) is 5.69 Å². The van der Waals surface area contributed by atoms with Gasteiger partial charge in [0, 0.05) is 32.4 Å². The van der Waals surface area contributed by atoms with Crippen molar-refractivity contribution in [1.82, 2.24) is 15.2 Å². The summed E-state index contributed by atoms with van der Waals surface area (Å²) >= 11 is 0.813. The van der Waals surface area contributed by atoms with Gasteiger partial charge in [0.2, 0.25) is 0 Å². The van der Waals surface area contributed by atoms with Crippen LogP contribution in [0.3, 0.4) is 0 Å². The van der Waals surface area contributed by atoms with Gasteiger partial charge >= 0.3 is 0 Å². The largest absolute Gasteiger partial charge is 0.389 e. The quantitative estimate of drug-likeness (QED) is 0.420. The molecule has 1 fully saturated rings. The standard InChI is InChI=1S/C19H23F2N7OS/c1-25-17(28-7-3-4-10(23)9-28)13(8-22)26-18(29)15-16(24)30-19(27-15)14-11(20)5-2-6-12(14)21/h2,5-6,8,10,13,22H,3-4,7,9,23-24H2,1H3,(H,26,29). The number of nitrogens with zero attached hydrogens (tertiary/aromatic N) is 3. The number of aromatic nitrogens is 1. The highest BCUT2D eigenvalue weighted by molar-refractivity contribution is 7.19. The molecule has 8 nitrogen and oxygen atoms in total. The van der Waals surface area contributed by atoms with Crippen LogP contribution in [-0.2, 0) is 0 Å². The van der Waals surface area contributed by atoms with Gasteiger partial charge in [-0.3, -0.25) is 9.79 Å². The molecule has 30 heavy (non-hydrogen) atoms. The zero-order chi connectivity index (χ0) is 21.8. The summed E-state index contributed by atoms with van der Waals surface area (Å²) in [6.45, 7) is 1.29.